The Hall–Kier alpha value is -0.600. The number of aliphatic hydroxyl groups excluding tert-OH is 2. The van der Waals surface area contributed by atoms with Crippen molar-refractivity contribution in [1.82, 2.24) is 0 Å². The second kappa shape index (κ2) is 6.03. The molecule has 102 valence electrons. The van der Waals surface area contributed by atoms with Gasteiger partial charge in [-0.2, -0.15) is 0 Å². The van der Waals surface area contributed by atoms with E-state index in [0.717, 1.165) is 32.1 Å². The third-order valence-electron chi connectivity index (χ3n) is 4.49. The summed E-state index contributed by atoms with van der Waals surface area (Å²) in [5.41, 5.74) is 0.0329. The zero-order chi connectivity index (χ0) is 13.0. The SMILES string of the molecule is CCCCC[C@H](O)/C=C/C12C=CCC1CC(O)C2. The zero-order valence-corrected chi connectivity index (χ0v) is 11.4. The second-order valence-corrected chi connectivity index (χ2v) is 5.96. The maximum absolute atomic E-state index is 9.95. The fourth-order valence-corrected chi connectivity index (χ4v) is 3.43. The lowest BCUT2D eigenvalue weighted by Gasteiger charge is -2.24. The maximum Gasteiger partial charge on any atom is 0.0721 e. The Kier molecular flexibility index (Phi) is 4.63. The van der Waals surface area contributed by atoms with Crippen LogP contribution in [-0.2, 0) is 0 Å². The minimum Gasteiger partial charge on any atom is -0.393 e. The predicted octanol–water partition coefficient (Wildman–Crippen LogP) is 3.20. The first-order valence-electron chi connectivity index (χ1n) is 7.39. The Bertz CT molecular complexity index is 321. The quantitative estimate of drug-likeness (QED) is 0.561. The van der Waals surface area contributed by atoms with Crippen LogP contribution in [0.4, 0.5) is 0 Å². The third kappa shape index (κ3) is 3.04. The lowest BCUT2D eigenvalue weighted by molar-refractivity contribution is 0.173. The lowest BCUT2D eigenvalue weighted by atomic mass is 9.80. The Morgan fingerprint density at radius 1 is 1.44 bits per heavy atom. The molecule has 0 amide bonds. The number of hydrogen-bond acceptors (Lipinski definition) is 2. The number of rotatable bonds is 6. The van der Waals surface area contributed by atoms with E-state index < -0.39 is 0 Å². The minimum absolute atomic E-state index is 0.0329. The normalized spacial score (nSPS) is 36.4. The fraction of sp³-hybridized carbons (Fsp3) is 0.750. The molecule has 0 aromatic carbocycles. The van der Waals surface area contributed by atoms with Crippen molar-refractivity contribution < 1.29 is 10.2 Å². The van der Waals surface area contributed by atoms with Crippen molar-refractivity contribution in [1.29, 1.82) is 0 Å². The number of fused-ring (bicyclic) bond motifs is 1. The number of allylic oxidation sites excluding steroid dienone is 3. The van der Waals surface area contributed by atoms with Gasteiger partial charge in [0.05, 0.1) is 12.2 Å². The fourth-order valence-electron chi connectivity index (χ4n) is 3.43. The van der Waals surface area contributed by atoms with Gasteiger partial charge in [0.15, 0.2) is 0 Å². The second-order valence-electron chi connectivity index (χ2n) is 5.96. The standard InChI is InChI=1S/C16H26O2/c1-2-3-4-7-14(17)8-10-16-9-5-6-13(16)11-15(18)12-16/h5,8-10,13-15,17-18H,2-4,6-7,11-12H2,1H3/b10-8+/t13?,14-,15?,16?/m0/s1. The molecule has 2 aliphatic carbocycles. The van der Waals surface area contributed by atoms with Crippen molar-refractivity contribution in [2.24, 2.45) is 11.3 Å². The van der Waals surface area contributed by atoms with Crippen LogP contribution >= 0.6 is 0 Å². The molecule has 2 N–H and O–H groups in total. The van der Waals surface area contributed by atoms with Crippen molar-refractivity contribution >= 4 is 0 Å². The smallest absolute Gasteiger partial charge is 0.0721 e. The monoisotopic (exact) mass is 250 g/mol. The topological polar surface area (TPSA) is 40.5 Å². The van der Waals surface area contributed by atoms with Crippen LogP contribution in [0.25, 0.3) is 0 Å². The van der Waals surface area contributed by atoms with Gasteiger partial charge in [-0.05, 0) is 31.6 Å². The van der Waals surface area contributed by atoms with E-state index in [9.17, 15) is 10.2 Å². The van der Waals surface area contributed by atoms with Crippen LogP contribution in [0.15, 0.2) is 24.3 Å². The molecule has 0 saturated heterocycles. The first-order valence-corrected chi connectivity index (χ1v) is 7.39. The van der Waals surface area contributed by atoms with Crippen molar-refractivity contribution in [3.8, 4) is 0 Å². The van der Waals surface area contributed by atoms with Gasteiger partial charge in [0.25, 0.3) is 0 Å². The van der Waals surface area contributed by atoms with E-state index in [0.29, 0.717) is 5.92 Å². The summed E-state index contributed by atoms with van der Waals surface area (Å²) in [4.78, 5) is 0. The average Bonchev–Trinajstić information content (AvgIpc) is 2.83. The van der Waals surface area contributed by atoms with Crippen molar-refractivity contribution in [3.05, 3.63) is 24.3 Å². The Labute approximate surface area is 110 Å². The highest BCUT2D eigenvalue weighted by molar-refractivity contribution is 5.24. The van der Waals surface area contributed by atoms with Crippen LogP contribution in [0.1, 0.15) is 51.9 Å². The lowest BCUT2D eigenvalue weighted by Crippen LogP contribution is -2.17. The van der Waals surface area contributed by atoms with E-state index in [1.807, 2.05) is 6.08 Å². The minimum atomic E-state index is -0.321. The molecular formula is C16H26O2. The maximum atomic E-state index is 9.95. The highest BCUT2D eigenvalue weighted by Crippen LogP contribution is 2.51. The van der Waals surface area contributed by atoms with E-state index in [1.165, 1.54) is 12.8 Å². The summed E-state index contributed by atoms with van der Waals surface area (Å²) < 4.78 is 0. The molecule has 0 bridgehead atoms. The molecule has 0 spiro atoms. The molecule has 18 heavy (non-hydrogen) atoms. The number of unbranched alkanes of at least 4 members (excludes halogenated alkanes) is 2. The van der Waals surface area contributed by atoms with Crippen molar-refractivity contribution in [2.45, 2.75) is 64.1 Å². The Balaban J connectivity index is 1.89. The van der Waals surface area contributed by atoms with Gasteiger partial charge >= 0.3 is 0 Å². The highest BCUT2D eigenvalue weighted by Gasteiger charge is 2.45. The first kappa shape index (κ1) is 13.8. The van der Waals surface area contributed by atoms with Crippen LogP contribution in [-0.4, -0.2) is 22.4 Å². The zero-order valence-electron chi connectivity index (χ0n) is 11.4. The van der Waals surface area contributed by atoms with E-state index in [-0.39, 0.29) is 17.6 Å². The first-order chi connectivity index (χ1) is 8.66. The summed E-state index contributed by atoms with van der Waals surface area (Å²) >= 11 is 0. The van der Waals surface area contributed by atoms with E-state index in [1.54, 1.807) is 0 Å². The van der Waals surface area contributed by atoms with Gasteiger partial charge in [-0.1, -0.05) is 50.5 Å². The molecule has 0 radical (unpaired) electrons. The molecule has 2 heteroatoms. The van der Waals surface area contributed by atoms with Gasteiger partial charge in [-0.3, -0.25) is 0 Å². The van der Waals surface area contributed by atoms with Gasteiger partial charge in [0, 0.05) is 5.41 Å². The van der Waals surface area contributed by atoms with Crippen LogP contribution in [0.3, 0.4) is 0 Å². The molecule has 0 aromatic rings. The van der Waals surface area contributed by atoms with Gasteiger partial charge in [-0.25, -0.2) is 0 Å². The van der Waals surface area contributed by atoms with Gasteiger partial charge in [-0.15, -0.1) is 0 Å². The molecule has 0 aromatic heterocycles. The summed E-state index contributed by atoms with van der Waals surface area (Å²) in [5, 5.41) is 19.8. The molecule has 2 aliphatic rings. The van der Waals surface area contributed by atoms with Gasteiger partial charge < -0.3 is 10.2 Å². The molecule has 0 heterocycles. The summed E-state index contributed by atoms with van der Waals surface area (Å²) in [6.07, 6.45) is 15.2. The van der Waals surface area contributed by atoms with Crippen LogP contribution in [0.5, 0.6) is 0 Å². The molecular weight excluding hydrogens is 224 g/mol. The van der Waals surface area contributed by atoms with E-state index in [2.05, 4.69) is 25.2 Å². The van der Waals surface area contributed by atoms with Crippen LogP contribution in [0, 0.1) is 11.3 Å². The average molecular weight is 250 g/mol. The third-order valence-corrected chi connectivity index (χ3v) is 4.49. The van der Waals surface area contributed by atoms with E-state index >= 15 is 0 Å². The van der Waals surface area contributed by atoms with Crippen LogP contribution < -0.4 is 0 Å². The highest BCUT2D eigenvalue weighted by atomic mass is 16.3. The Morgan fingerprint density at radius 2 is 2.28 bits per heavy atom. The Morgan fingerprint density at radius 3 is 3.06 bits per heavy atom. The number of aliphatic hydroxyl groups is 2. The number of hydrogen-bond donors (Lipinski definition) is 2. The largest absolute Gasteiger partial charge is 0.393 e. The van der Waals surface area contributed by atoms with E-state index in [4.69, 9.17) is 0 Å². The summed E-state index contributed by atoms with van der Waals surface area (Å²) in [5.74, 6) is 0.548. The molecule has 0 aliphatic heterocycles. The molecule has 1 saturated carbocycles. The van der Waals surface area contributed by atoms with Gasteiger partial charge in [0.2, 0.25) is 0 Å². The molecule has 3 unspecified atom stereocenters. The molecule has 2 nitrogen and oxygen atoms in total. The van der Waals surface area contributed by atoms with Crippen molar-refractivity contribution in [2.75, 3.05) is 0 Å². The summed E-state index contributed by atoms with van der Waals surface area (Å²) in [6, 6.07) is 0. The van der Waals surface area contributed by atoms with Crippen LogP contribution in [0.2, 0.25) is 0 Å². The summed E-state index contributed by atoms with van der Waals surface area (Å²) in [6.45, 7) is 2.18. The molecule has 2 rings (SSSR count). The van der Waals surface area contributed by atoms with Crippen molar-refractivity contribution in [3.63, 3.8) is 0 Å². The van der Waals surface area contributed by atoms with Gasteiger partial charge in [0.1, 0.15) is 0 Å². The molecule has 1 fully saturated rings. The predicted molar refractivity (Wildman–Crippen MR) is 74.2 cm³/mol. The molecule has 4 atom stereocenters. The summed E-state index contributed by atoms with van der Waals surface area (Å²) in [7, 11) is 0.